The largest absolute Gasteiger partial charge is 0.495 e. The molecule has 0 heterocycles. The van der Waals surface area contributed by atoms with Gasteiger partial charge in [-0.25, -0.2) is 0 Å². The molecule has 0 saturated heterocycles. The fraction of sp³-hybridized carbons (Fsp3) is 0.417. The Balaban J connectivity index is 2.65. The molecule has 0 fully saturated rings. The average Bonchev–Trinajstić information content (AvgIpc) is 2.24. The summed E-state index contributed by atoms with van der Waals surface area (Å²) in [5, 5.41) is 12.5. The van der Waals surface area contributed by atoms with E-state index in [9.17, 15) is 9.90 Å². The van der Waals surface area contributed by atoms with Crippen molar-refractivity contribution in [3.05, 3.63) is 28.8 Å². The number of carbonyl (C=O) groups is 1. The molecule has 17 heavy (non-hydrogen) atoms. The summed E-state index contributed by atoms with van der Waals surface area (Å²) in [6.07, 6.45) is 0. The van der Waals surface area contributed by atoms with Crippen LogP contribution in [0.25, 0.3) is 0 Å². The van der Waals surface area contributed by atoms with Gasteiger partial charge in [0.2, 0.25) is 0 Å². The number of carbonyl (C=O) groups excluding carboxylic acids is 1. The van der Waals surface area contributed by atoms with E-state index in [1.54, 1.807) is 18.2 Å². The third-order valence-electron chi connectivity index (χ3n) is 2.22. The maximum absolute atomic E-state index is 11.4. The minimum atomic E-state index is -1.38. The van der Waals surface area contributed by atoms with E-state index in [0.717, 1.165) is 5.56 Å². The zero-order valence-corrected chi connectivity index (χ0v) is 10.8. The van der Waals surface area contributed by atoms with Crippen LogP contribution in [-0.2, 0) is 11.3 Å². The molecule has 0 aliphatic heterocycles. The van der Waals surface area contributed by atoms with Crippen LogP contribution in [0.1, 0.15) is 19.4 Å². The predicted molar refractivity (Wildman–Crippen MR) is 66.1 cm³/mol. The van der Waals surface area contributed by atoms with Gasteiger partial charge >= 0.3 is 0 Å². The Kier molecular flexibility index (Phi) is 4.37. The molecule has 0 bridgehead atoms. The van der Waals surface area contributed by atoms with Crippen molar-refractivity contribution < 1.29 is 14.6 Å². The monoisotopic (exact) mass is 257 g/mol. The summed E-state index contributed by atoms with van der Waals surface area (Å²) in [5.41, 5.74) is -0.538. The Morgan fingerprint density at radius 3 is 2.65 bits per heavy atom. The summed E-state index contributed by atoms with van der Waals surface area (Å²) < 4.78 is 5.02. The van der Waals surface area contributed by atoms with Crippen molar-refractivity contribution in [3.8, 4) is 5.75 Å². The Hall–Kier alpha value is -1.26. The molecule has 0 spiro atoms. The molecule has 0 aliphatic carbocycles. The summed E-state index contributed by atoms with van der Waals surface area (Å²) in [4.78, 5) is 11.4. The van der Waals surface area contributed by atoms with Crippen LogP contribution in [0.5, 0.6) is 5.75 Å². The van der Waals surface area contributed by atoms with Gasteiger partial charge in [-0.3, -0.25) is 4.79 Å². The third kappa shape index (κ3) is 3.91. The minimum Gasteiger partial charge on any atom is -0.495 e. The molecule has 1 aromatic carbocycles. The Morgan fingerprint density at radius 2 is 2.18 bits per heavy atom. The van der Waals surface area contributed by atoms with Gasteiger partial charge in [-0.2, -0.15) is 0 Å². The van der Waals surface area contributed by atoms with Gasteiger partial charge in [0.15, 0.2) is 0 Å². The van der Waals surface area contributed by atoms with E-state index in [0.29, 0.717) is 17.3 Å². The van der Waals surface area contributed by atoms with Crippen molar-refractivity contribution in [2.75, 3.05) is 7.11 Å². The predicted octanol–water partition coefficient (Wildman–Crippen LogP) is 1.74. The van der Waals surface area contributed by atoms with Crippen LogP contribution in [0.4, 0.5) is 0 Å². The van der Waals surface area contributed by atoms with Gasteiger partial charge < -0.3 is 15.2 Å². The number of rotatable bonds is 4. The number of hydrogen-bond acceptors (Lipinski definition) is 3. The van der Waals surface area contributed by atoms with E-state index < -0.39 is 11.5 Å². The van der Waals surface area contributed by atoms with Gasteiger partial charge in [-0.05, 0) is 31.5 Å². The second kappa shape index (κ2) is 5.38. The number of amides is 1. The van der Waals surface area contributed by atoms with E-state index in [2.05, 4.69) is 5.32 Å². The van der Waals surface area contributed by atoms with E-state index in [-0.39, 0.29) is 0 Å². The summed E-state index contributed by atoms with van der Waals surface area (Å²) in [6.45, 7) is 3.18. The fourth-order valence-corrected chi connectivity index (χ4v) is 1.50. The second-order valence-corrected chi connectivity index (χ2v) is 4.62. The Morgan fingerprint density at radius 1 is 1.53 bits per heavy atom. The van der Waals surface area contributed by atoms with Gasteiger partial charge in [-0.15, -0.1) is 0 Å². The van der Waals surface area contributed by atoms with Gasteiger partial charge in [0.25, 0.3) is 5.91 Å². The van der Waals surface area contributed by atoms with Crippen LogP contribution in [0.15, 0.2) is 18.2 Å². The lowest BCUT2D eigenvalue weighted by Gasteiger charge is -2.16. The van der Waals surface area contributed by atoms with Gasteiger partial charge in [0.05, 0.1) is 12.1 Å². The van der Waals surface area contributed by atoms with Crippen LogP contribution in [-0.4, -0.2) is 23.7 Å². The second-order valence-electron chi connectivity index (χ2n) is 4.21. The normalized spacial score (nSPS) is 11.1. The van der Waals surface area contributed by atoms with E-state index in [1.165, 1.54) is 21.0 Å². The SMILES string of the molecule is COc1ccc(CNC(=O)C(C)(C)O)cc1Cl. The highest BCUT2D eigenvalue weighted by Gasteiger charge is 2.22. The Bertz CT molecular complexity index is 413. The molecule has 4 nitrogen and oxygen atoms in total. The van der Waals surface area contributed by atoms with Crippen molar-refractivity contribution in [2.24, 2.45) is 0 Å². The quantitative estimate of drug-likeness (QED) is 0.864. The molecule has 0 radical (unpaired) electrons. The molecule has 5 heteroatoms. The highest BCUT2D eigenvalue weighted by molar-refractivity contribution is 6.32. The molecular weight excluding hydrogens is 242 g/mol. The van der Waals surface area contributed by atoms with E-state index in [1.807, 2.05) is 0 Å². The zero-order valence-electron chi connectivity index (χ0n) is 10.1. The van der Waals surface area contributed by atoms with Gasteiger partial charge in [-0.1, -0.05) is 17.7 Å². The molecule has 1 aromatic rings. The van der Waals surface area contributed by atoms with Crippen molar-refractivity contribution in [1.82, 2.24) is 5.32 Å². The molecule has 0 atom stereocenters. The van der Waals surface area contributed by atoms with Crippen LogP contribution in [0.3, 0.4) is 0 Å². The summed E-state index contributed by atoms with van der Waals surface area (Å²) >= 11 is 5.95. The fourth-order valence-electron chi connectivity index (χ4n) is 1.22. The number of halogens is 1. The lowest BCUT2D eigenvalue weighted by molar-refractivity contribution is -0.136. The number of ether oxygens (including phenoxy) is 1. The van der Waals surface area contributed by atoms with Crippen molar-refractivity contribution >= 4 is 17.5 Å². The number of aliphatic hydroxyl groups is 1. The average molecular weight is 258 g/mol. The topological polar surface area (TPSA) is 58.6 Å². The molecule has 1 amide bonds. The number of methoxy groups -OCH3 is 1. The summed E-state index contributed by atoms with van der Waals surface area (Å²) in [5.74, 6) is 0.161. The first-order chi connectivity index (χ1) is 7.84. The first-order valence-corrected chi connectivity index (χ1v) is 5.55. The zero-order chi connectivity index (χ0) is 13.1. The number of nitrogens with one attached hydrogen (secondary N) is 1. The third-order valence-corrected chi connectivity index (χ3v) is 2.52. The summed E-state index contributed by atoms with van der Waals surface area (Å²) in [7, 11) is 1.54. The standard InChI is InChI=1S/C12H16ClNO3/c1-12(2,16)11(15)14-7-8-4-5-10(17-3)9(13)6-8/h4-6,16H,7H2,1-3H3,(H,14,15). The molecule has 1 rings (SSSR count). The maximum atomic E-state index is 11.4. The molecule has 0 aliphatic rings. The highest BCUT2D eigenvalue weighted by Crippen LogP contribution is 2.24. The first kappa shape index (κ1) is 13.8. The summed E-state index contributed by atoms with van der Waals surface area (Å²) in [6, 6.07) is 5.24. The number of hydrogen-bond donors (Lipinski definition) is 2. The Labute approximate surface area is 106 Å². The maximum Gasteiger partial charge on any atom is 0.251 e. The van der Waals surface area contributed by atoms with Gasteiger partial charge in [0, 0.05) is 6.54 Å². The molecule has 0 unspecified atom stereocenters. The molecule has 94 valence electrons. The van der Waals surface area contributed by atoms with E-state index >= 15 is 0 Å². The lowest BCUT2D eigenvalue weighted by atomic mass is 10.1. The van der Waals surface area contributed by atoms with Crippen LogP contribution in [0.2, 0.25) is 5.02 Å². The van der Waals surface area contributed by atoms with E-state index in [4.69, 9.17) is 16.3 Å². The molecule has 0 aromatic heterocycles. The van der Waals surface area contributed by atoms with Crippen LogP contribution in [0, 0.1) is 0 Å². The molecule has 0 saturated carbocycles. The highest BCUT2D eigenvalue weighted by atomic mass is 35.5. The van der Waals surface area contributed by atoms with Crippen LogP contribution < -0.4 is 10.1 Å². The number of benzene rings is 1. The van der Waals surface area contributed by atoms with Crippen molar-refractivity contribution in [1.29, 1.82) is 0 Å². The van der Waals surface area contributed by atoms with Crippen LogP contribution >= 0.6 is 11.6 Å². The van der Waals surface area contributed by atoms with Crippen molar-refractivity contribution in [2.45, 2.75) is 26.0 Å². The first-order valence-electron chi connectivity index (χ1n) is 5.17. The molecular formula is C12H16ClNO3. The van der Waals surface area contributed by atoms with Crippen molar-refractivity contribution in [3.63, 3.8) is 0 Å². The smallest absolute Gasteiger partial charge is 0.251 e. The minimum absolute atomic E-state index is 0.312. The molecule has 2 N–H and O–H groups in total. The lowest BCUT2D eigenvalue weighted by Crippen LogP contribution is -2.41. The van der Waals surface area contributed by atoms with Gasteiger partial charge in [0.1, 0.15) is 11.4 Å².